The minimum atomic E-state index is -1.14. The number of H-pyrrole nitrogens is 1. The van der Waals surface area contributed by atoms with E-state index >= 15 is 0 Å². The number of fused-ring (bicyclic) bond motifs is 1. The number of rotatable bonds is 6. The molecule has 1 heterocycles. The third kappa shape index (κ3) is 3.35. The van der Waals surface area contributed by atoms with Crippen LogP contribution >= 0.6 is 0 Å². The summed E-state index contributed by atoms with van der Waals surface area (Å²) < 4.78 is 0. The van der Waals surface area contributed by atoms with E-state index in [0.29, 0.717) is 0 Å². The first kappa shape index (κ1) is 13.6. The van der Waals surface area contributed by atoms with Crippen molar-refractivity contribution >= 4 is 29.1 Å². The summed E-state index contributed by atoms with van der Waals surface area (Å²) in [4.78, 5) is 24.4. The smallest absolute Gasteiger partial charge is 0.324 e. The van der Waals surface area contributed by atoms with Crippen molar-refractivity contribution in [1.82, 2.24) is 9.99 Å². The highest BCUT2D eigenvalue weighted by atomic mass is 16.4. The van der Waals surface area contributed by atoms with E-state index in [-0.39, 0.29) is 0 Å². The Hall–Kier alpha value is -2.83. The van der Waals surface area contributed by atoms with E-state index in [1.807, 2.05) is 24.3 Å². The van der Waals surface area contributed by atoms with Crippen LogP contribution in [-0.4, -0.2) is 51.4 Å². The van der Waals surface area contributed by atoms with E-state index in [9.17, 15) is 9.59 Å². The van der Waals surface area contributed by atoms with Crippen LogP contribution in [0.5, 0.6) is 0 Å². The number of aromatic nitrogens is 1. The SMILES string of the molecule is O=C(O)CN(CC(=O)O)/N=C\c1c[nH]c2ccccc12. The van der Waals surface area contributed by atoms with Gasteiger partial charge in [-0.05, 0) is 6.07 Å². The fraction of sp³-hybridized carbons (Fsp3) is 0.154. The van der Waals surface area contributed by atoms with Crippen LogP contribution in [0, 0.1) is 0 Å². The predicted octanol–water partition coefficient (Wildman–Crippen LogP) is 0.973. The molecular weight excluding hydrogens is 262 g/mol. The van der Waals surface area contributed by atoms with Crippen molar-refractivity contribution in [3.8, 4) is 0 Å². The fourth-order valence-electron chi connectivity index (χ4n) is 1.79. The Morgan fingerprint density at radius 2 is 1.85 bits per heavy atom. The number of nitrogens with zero attached hydrogens (tertiary/aromatic N) is 2. The van der Waals surface area contributed by atoms with Crippen LogP contribution in [-0.2, 0) is 9.59 Å². The van der Waals surface area contributed by atoms with Crippen LogP contribution in [0.25, 0.3) is 10.9 Å². The number of carbonyl (C=O) groups is 2. The number of carboxylic acid groups (broad SMARTS) is 2. The highest BCUT2D eigenvalue weighted by Crippen LogP contribution is 2.15. The van der Waals surface area contributed by atoms with Crippen molar-refractivity contribution in [2.24, 2.45) is 5.10 Å². The Bertz CT molecular complexity index is 646. The Balaban J connectivity index is 2.20. The third-order valence-electron chi connectivity index (χ3n) is 2.62. The van der Waals surface area contributed by atoms with Gasteiger partial charge >= 0.3 is 11.9 Å². The molecule has 0 bridgehead atoms. The van der Waals surface area contributed by atoms with Crippen LogP contribution in [0.4, 0.5) is 0 Å². The van der Waals surface area contributed by atoms with Gasteiger partial charge in [0.25, 0.3) is 0 Å². The number of hydrazone groups is 1. The number of benzene rings is 1. The topological polar surface area (TPSA) is 106 Å². The molecule has 0 fully saturated rings. The number of para-hydroxylation sites is 1. The summed E-state index contributed by atoms with van der Waals surface area (Å²) in [6, 6.07) is 7.56. The molecule has 104 valence electrons. The lowest BCUT2D eigenvalue weighted by atomic mass is 10.2. The maximum Gasteiger partial charge on any atom is 0.324 e. The molecule has 0 aliphatic rings. The van der Waals surface area contributed by atoms with Gasteiger partial charge in [-0.15, -0.1) is 0 Å². The van der Waals surface area contributed by atoms with E-state index in [2.05, 4.69) is 10.1 Å². The molecule has 0 spiro atoms. The summed E-state index contributed by atoms with van der Waals surface area (Å²) >= 11 is 0. The summed E-state index contributed by atoms with van der Waals surface area (Å²) in [5.74, 6) is -2.27. The van der Waals surface area contributed by atoms with Crippen LogP contribution in [0.2, 0.25) is 0 Å². The molecule has 0 atom stereocenters. The molecule has 0 saturated carbocycles. The van der Waals surface area contributed by atoms with Crippen LogP contribution in [0.15, 0.2) is 35.6 Å². The van der Waals surface area contributed by atoms with Crippen LogP contribution in [0.1, 0.15) is 5.56 Å². The first-order valence-corrected chi connectivity index (χ1v) is 5.85. The van der Waals surface area contributed by atoms with Crippen molar-refractivity contribution in [2.75, 3.05) is 13.1 Å². The zero-order valence-electron chi connectivity index (χ0n) is 10.5. The molecule has 1 aromatic carbocycles. The van der Waals surface area contributed by atoms with Crippen molar-refractivity contribution in [2.45, 2.75) is 0 Å². The molecule has 3 N–H and O–H groups in total. The maximum absolute atomic E-state index is 10.7. The second-order valence-corrected chi connectivity index (χ2v) is 4.14. The van der Waals surface area contributed by atoms with Gasteiger partial charge in [-0.2, -0.15) is 5.10 Å². The van der Waals surface area contributed by atoms with E-state index in [0.717, 1.165) is 21.5 Å². The van der Waals surface area contributed by atoms with Crippen molar-refractivity contribution in [3.63, 3.8) is 0 Å². The van der Waals surface area contributed by atoms with Crippen molar-refractivity contribution in [1.29, 1.82) is 0 Å². The largest absolute Gasteiger partial charge is 0.480 e. The van der Waals surface area contributed by atoms with E-state index < -0.39 is 25.0 Å². The molecule has 0 aliphatic carbocycles. The van der Waals surface area contributed by atoms with Gasteiger partial charge in [-0.3, -0.25) is 14.6 Å². The molecular formula is C13H13N3O4. The van der Waals surface area contributed by atoms with Gasteiger partial charge in [0.1, 0.15) is 13.1 Å². The Labute approximate surface area is 114 Å². The number of hydrogen-bond donors (Lipinski definition) is 3. The highest BCUT2D eigenvalue weighted by molar-refractivity contribution is 5.98. The number of hydrogen-bond acceptors (Lipinski definition) is 4. The second-order valence-electron chi connectivity index (χ2n) is 4.14. The molecule has 0 aliphatic heterocycles. The fourth-order valence-corrected chi connectivity index (χ4v) is 1.79. The van der Waals surface area contributed by atoms with Crippen molar-refractivity contribution in [3.05, 3.63) is 36.0 Å². The molecule has 7 heteroatoms. The number of carboxylic acids is 2. The number of aliphatic carboxylic acids is 2. The van der Waals surface area contributed by atoms with Gasteiger partial charge in [0, 0.05) is 22.7 Å². The zero-order chi connectivity index (χ0) is 14.5. The Kier molecular flexibility index (Phi) is 3.99. The quantitative estimate of drug-likeness (QED) is 0.538. The summed E-state index contributed by atoms with van der Waals surface area (Å²) in [7, 11) is 0. The van der Waals surface area contributed by atoms with Gasteiger partial charge in [-0.25, -0.2) is 0 Å². The highest BCUT2D eigenvalue weighted by Gasteiger charge is 2.10. The second kappa shape index (κ2) is 5.87. The van der Waals surface area contributed by atoms with Crippen LogP contribution in [0.3, 0.4) is 0 Å². The van der Waals surface area contributed by atoms with Gasteiger partial charge in [0.15, 0.2) is 0 Å². The average molecular weight is 275 g/mol. The average Bonchev–Trinajstić information content (AvgIpc) is 2.78. The van der Waals surface area contributed by atoms with Crippen molar-refractivity contribution < 1.29 is 19.8 Å². The lowest BCUT2D eigenvalue weighted by Gasteiger charge is -2.13. The molecule has 1 aromatic heterocycles. The molecule has 0 radical (unpaired) electrons. The van der Waals surface area contributed by atoms with E-state index in [1.165, 1.54) is 6.21 Å². The number of nitrogens with one attached hydrogen (secondary N) is 1. The summed E-state index contributed by atoms with van der Waals surface area (Å²) in [6.45, 7) is -0.934. The Morgan fingerprint density at radius 1 is 1.20 bits per heavy atom. The predicted molar refractivity (Wildman–Crippen MR) is 72.7 cm³/mol. The van der Waals surface area contributed by atoms with Gasteiger partial charge in [0.05, 0.1) is 6.21 Å². The van der Waals surface area contributed by atoms with Gasteiger partial charge in [0.2, 0.25) is 0 Å². The molecule has 0 amide bonds. The van der Waals surface area contributed by atoms with E-state index in [1.54, 1.807) is 6.20 Å². The molecule has 0 saturated heterocycles. The summed E-state index contributed by atoms with van der Waals surface area (Å²) in [5, 5.41) is 23.3. The standard InChI is InChI=1S/C13H13N3O4/c17-12(18)7-16(8-13(19)20)15-6-9-5-14-11-4-2-1-3-10(9)11/h1-6,14H,7-8H2,(H,17,18)(H,19,20)/b15-6-. The van der Waals surface area contributed by atoms with Crippen LogP contribution < -0.4 is 0 Å². The summed E-state index contributed by atoms with van der Waals surface area (Å²) in [6.07, 6.45) is 3.18. The first-order chi connectivity index (χ1) is 9.56. The zero-order valence-corrected chi connectivity index (χ0v) is 10.5. The maximum atomic E-state index is 10.7. The van der Waals surface area contributed by atoms with Gasteiger partial charge in [-0.1, -0.05) is 18.2 Å². The minimum absolute atomic E-state index is 0.467. The molecule has 2 aromatic rings. The first-order valence-electron chi connectivity index (χ1n) is 5.85. The molecule has 2 rings (SSSR count). The monoisotopic (exact) mass is 275 g/mol. The van der Waals surface area contributed by atoms with Gasteiger partial charge < -0.3 is 15.2 Å². The summed E-state index contributed by atoms with van der Waals surface area (Å²) in [5.41, 5.74) is 1.69. The number of aromatic amines is 1. The lowest BCUT2D eigenvalue weighted by molar-refractivity contribution is -0.141. The van der Waals surface area contributed by atoms with E-state index in [4.69, 9.17) is 10.2 Å². The lowest BCUT2D eigenvalue weighted by Crippen LogP contribution is -2.30. The normalized spacial score (nSPS) is 11.0. The minimum Gasteiger partial charge on any atom is -0.480 e. The molecule has 0 unspecified atom stereocenters. The molecule has 20 heavy (non-hydrogen) atoms. The molecule has 7 nitrogen and oxygen atoms in total. The Morgan fingerprint density at radius 3 is 2.50 bits per heavy atom. The third-order valence-corrected chi connectivity index (χ3v) is 2.62.